The van der Waals surface area contributed by atoms with Crippen molar-refractivity contribution in [1.82, 2.24) is 4.90 Å². The molecule has 0 unspecified atom stereocenters. The molecule has 1 saturated carbocycles. The summed E-state index contributed by atoms with van der Waals surface area (Å²) in [5.74, 6) is -8.45. The van der Waals surface area contributed by atoms with Crippen LogP contribution in [-0.4, -0.2) is 54.6 Å². The zero-order valence-corrected chi connectivity index (χ0v) is 15.3. The number of rotatable bonds is 4. The first-order valence-electron chi connectivity index (χ1n) is 8.01. The van der Waals surface area contributed by atoms with Gasteiger partial charge in [-0.25, -0.2) is 21.6 Å². The number of carbonyl (C=O) groups is 2. The number of carboxylic acid groups (broad SMARTS) is 1. The SMILES string of the molecule is O=C(O)[C@@H]1C[C@H](S(=O)(=O)c2ccc(F)cc2Cl)C[C@H]1C(=O)N1CC(F)(F)C1. The van der Waals surface area contributed by atoms with Crippen molar-refractivity contribution in [2.24, 2.45) is 11.8 Å². The van der Waals surface area contributed by atoms with E-state index in [1.54, 1.807) is 0 Å². The Balaban J connectivity index is 1.86. The molecule has 2 fully saturated rings. The molecule has 1 amide bonds. The Labute approximate surface area is 157 Å². The molecule has 1 N–H and O–H groups in total. The van der Waals surface area contributed by atoms with Crippen LogP contribution >= 0.6 is 11.6 Å². The molecule has 1 aliphatic heterocycles. The minimum absolute atomic E-state index is 0.325. The van der Waals surface area contributed by atoms with E-state index in [4.69, 9.17) is 11.6 Å². The van der Waals surface area contributed by atoms with Gasteiger partial charge in [-0.3, -0.25) is 9.59 Å². The van der Waals surface area contributed by atoms with Crippen LogP contribution in [0.4, 0.5) is 13.2 Å². The van der Waals surface area contributed by atoms with Gasteiger partial charge in [0, 0.05) is 0 Å². The van der Waals surface area contributed by atoms with Gasteiger partial charge in [0.15, 0.2) is 9.84 Å². The summed E-state index contributed by atoms with van der Waals surface area (Å²) >= 11 is 5.81. The van der Waals surface area contributed by atoms with E-state index in [-0.39, 0.29) is 22.8 Å². The standard InChI is InChI=1S/C16H15ClF3NO5S/c17-12-3-8(18)1-2-13(12)27(25,26)9-4-10(11(5-9)15(23)24)14(22)21-6-16(19,20)7-21/h1-3,9-11H,4-7H2,(H,23,24)/t9-,10-,11-/m1/s1. The number of hydrogen-bond acceptors (Lipinski definition) is 4. The largest absolute Gasteiger partial charge is 0.481 e. The second-order valence-electron chi connectivity index (χ2n) is 6.81. The van der Waals surface area contributed by atoms with Gasteiger partial charge < -0.3 is 10.0 Å². The molecule has 0 spiro atoms. The Morgan fingerprint density at radius 2 is 1.78 bits per heavy atom. The second kappa shape index (κ2) is 6.66. The first kappa shape index (κ1) is 19.9. The van der Waals surface area contributed by atoms with Gasteiger partial charge in [-0.1, -0.05) is 11.6 Å². The summed E-state index contributed by atoms with van der Waals surface area (Å²) in [6.07, 6.45) is -0.681. The number of hydrogen-bond donors (Lipinski definition) is 1. The van der Waals surface area contributed by atoms with Crippen molar-refractivity contribution < 1.29 is 36.3 Å². The van der Waals surface area contributed by atoms with E-state index in [9.17, 15) is 36.3 Å². The number of amides is 1. The fourth-order valence-corrected chi connectivity index (χ4v) is 5.94. The lowest BCUT2D eigenvalue weighted by atomic mass is 9.93. The molecular formula is C16H15ClF3NO5S. The minimum Gasteiger partial charge on any atom is -0.481 e. The van der Waals surface area contributed by atoms with Crippen LogP contribution in [-0.2, 0) is 19.4 Å². The molecule has 6 nitrogen and oxygen atoms in total. The van der Waals surface area contributed by atoms with Crippen molar-refractivity contribution in [3.05, 3.63) is 29.0 Å². The number of alkyl halides is 2. The molecule has 11 heteroatoms. The number of halogens is 4. The third-order valence-electron chi connectivity index (χ3n) is 4.95. The van der Waals surface area contributed by atoms with Crippen molar-refractivity contribution in [1.29, 1.82) is 0 Å². The predicted octanol–water partition coefficient (Wildman–Crippen LogP) is 2.21. The molecule has 1 aromatic carbocycles. The van der Waals surface area contributed by atoms with Crippen LogP contribution in [0.15, 0.2) is 23.1 Å². The van der Waals surface area contributed by atoms with E-state index >= 15 is 0 Å². The summed E-state index contributed by atoms with van der Waals surface area (Å²) in [5, 5.41) is 7.78. The molecule has 0 radical (unpaired) electrons. The Hall–Kier alpha value is -1.81. The lowest BCUT2D eigenvalue weighted by molar-refractivity contribution is -0.172. The highest BCUT2D eigenvalue weighted by molar-refractivity contribution is 7.92. The van der Waals surface area contributed by atoms with Crippen LogP contribution in [0.1, 0.15) is 12.8 Å². The van der Waals surface area contributed by atoms with Gasteiger partial charge >= 0.3 is 5.97 Å². The third-order valence-corrected chi connectivity index (χ3v) is 7.61. The molecule has 1 aromatic rings. The van der Waals surface area contributed by atoms with E-state index < -0.39 is 63.6 Å². The topological polar surface area (TPSA) is 91.7 Å². The minimum atomic E-state index is -4.14. The fraction of sp³-hybridized carbons (Fsp3) is 0.500. The average Bonchev–Trinajstić information content (AvgIpc) is 2.97. The van der Waals surface area contributed by atoms with E-state index in [0.29, 0.717) is 0 Å². The summed E-state index contributed by atoms with van der Waals surface area (Å²) in [5.41, 5.74) is 0. The lowest BCUT2D eigenvalue weighted by Gasteiger charge is -2.40. The van der Waals surface area contributed by atoms with E-state index in [1.165, 1.54) is 0 Å². The highest BCUT2D eigenvalue weighted by Gasteiger charge is 2.53. The summed E-state index contributed by atoms with van der Waals surface area (Å²) < 4.78 is 64.8. The van der Waals surface area contributed by atoms with E-state index in [1.807, 2.05) is 0 Å². The van der Waals surface area contributed by atoms with Gasteiger partial charge in [-0.15, -0.1) is 0 Å². The molecule has 3 rings (SSSR count). The number of benzene rings is 1. The number of carbonyl (C=O) groups excluding carboxylic acids is 1. The molecule has 0 aromatic heterocycles. The van der Waals surface area contributed by atoms with E-state index in [2.05, 4.69) is 0 Å². The summed E-state index contributed by atoms with van der Waals surface area (Å²) in [6, 6.07) is 2.71. The fourth-order valence-electron chi connectivity index (χ4n) is 3.58. The van der Waals surface area contributed by atoms with Crippen molar-refractivity contribution in [2.45, 2.75) is 28.9 Å². The summed E-state index contributed by atoms with van der Waals surface area (Å²) in [7, 11) is -4.14. The van der Waals surface area contributed by atoms with Crippen molar-refractivity contribution in [3.8, 4) is 0 Å². The smallest absolute Gasteiger partial charge is 0.307 e. The summed E-state index contributed by atoms with van der Waals surface area (Å²) in [6.45, 7) is -1.62. The van der Waals surface area contributed by atoms with Crippen LogP contribution in [0.2, 0.25) is 5.02 Å². The monoisotopic (exact) mass is 425 g/mol. The maximum atomic E-state index is 13.2. The summed E-state index contributed by atoms with van der Waals surface area (Å²) in [4.78, 5) is 24.4. The molecule has 148 valence electrons. The Morgan fingerprint density at radius 3 is 2.30 bits per heavy atom. The zero-order valence-electron chi connectivity index (χ0n) is 13.7. The average molecular weight is 426 g/mol. The second-order valence-corrected chi connectivity index (χ2v) is 9.42. The van der Waals surface area contributed by atoms with Crippen LogP contribution in [0.25, 0.3) is 0 Å². The Kier molecular flexibility index (Phi) is 4.92. The van der Waals surface area contributed by atoms with Gasteiger partial charge in [-0.2, -0.15) is 0 Å². The maximum Gasteiger partial charge on any atom is 0.307 e. The number of aliphatic carboxylic acids is 1. The van der Waals surface area contributed by atoms with Crippen molar-refractivity contribution in [2.75, 3.05) is 13.1 Å². The molecular weight excluding hydrogens is 411 g/mol. The molecule has 1 aliphatic carbocycles. The van der Waals surface area contributed by atoms with Gasteiger partial charge in [0.05, 0.1) is 40.1 Å². The number of nitrogens with zero attached hydrogens (tertiary/aromatic N) is 1. The number of sulfone groups is 1. The molecule has 1 heterocycles. The third kappa shape index (κ3) is 3.64. The van der Waals surface area contributed by atoms with Gasteiger partial charge in [0.25, 0.3) is 5.92 Å². The van der Waals surface area contributed by atoms with Crippen molar-refractivity contribution >= 4 is 33.3 Å². The van der Waals surface area contributed by atoms with Gasteiger partial charge in [-0.05, 0) is 31.0 Å². The molecule has 27 heavy (non-hydrogen) atoms. The normalized spacial score (nSPS) is 27.3. The number of carboxylic acids is 1. The van der Waals surface area contributed by atoms with Gasteiger partial charge in [0.2, 0.25) is 5.91 Å². The van der Waals surface area contributed by atoms with Crippen LogP contribution in [0.5, 0.6) is 0 Å². The van der Waals surface area contributed by atoms with Crippen LogP contribution in [0, 0.1) is 17.7 Å². The van der Waals surface area contributed by atoms with Crippen LogP contribution in [0.3, 0.4) is 0 Å². The first-order valence-corrected chi connectivity index (χ1v) is 9.93. The zero-order chi connectivity index (χ0) is 20.1. The van der Waals surface area contributed by atoms with Crippen LogP contribution < -0.4 is 0 Å². The molecule has 2 aliphatic rings. The Bertz CT molecular complexity index is 899. The lowest BCUT2D eigenvalue weighted by Crippen LogP contribution is -2.60. The highest BCUT2D eigenvalue weighted by atomic mass is 35.5. The molecule has 1 saturated heterocycles. The molecule has 0 bridgehead atoms. The highest BCUT2D eigenvalue weighted by Crippen LogP contribution is 2.42. The van der Waals surface area contributed by atoms with Gasteiger partial charge in [0.1, 0.15) is 5.82 Å². The van der Waals surface area contributed by atoms with Crippen molar-refractivity contribution in [3.63, 3.8) is 0 Å². The first-order chi connectivity index (χ1) is 12.4. The van der Waals surface area contributed by atoms with E-state index in [0.717, 1.165) is 23.1 Å². The quantitative estimate of drug-likeness (QED) is 0.747. The molecule has 3 atom stereocenters. The predicted molar refractivity (Wildman–Crippen MR) is 87.8 cm³/mol. The number of likely N-dealkylation sites (tertiary alicyclic amines) is 1. The maximum absolute atomic E-state index is 13.2. The Morgan fingerprint density at radius 1 is 1.19 bits per heavy atom.